The summed E-state index contributed by atoms with van der Waals surface area (Å²) >= 11 is 0. The van der Waals surface area contributed by atoms with Gasteiger partial charge in [-0.1, -0.05) is 121 Å². The summed E-state index contributed by atoms with van der Waals surface area (Å²) in [6, 6.07) is 44.1. The van der Waals surface area contributed by atoms with Crippen LogP contribution in [0.5, 0.6) is 0 Å². The van der Waals surface area contributed by atoms with Crippen LogP contribution in [0.4, 0.5) is 5.69 Å². The van der Waals surface area contributed by atoms with E-state index >= 15 is 0 Å². The van der Waals surface area contributed by atoms with Crippen molar-refractivity contribution in [3.05, 3.63) is 184 Å². The van der Waals surface area contributed by atoms with Crippen molar-refractivity contribution in [2.75, 3.05) is 6.61 Å². The van der Waals surface area contributed by atoms with Gasteiger partial charge in [0.05, 0.1) is 43.5 Å². The molecule has 10 heteroatoms. The van der Waals surface area contributed by atoms with E-state index in [4.69, 9.17) is 28.4 Å². The van der Waals surface area contributed by atoms with Crippen molar-refractivity contribution in [1.29, 1.82) is 0 Å². The quantitative estimate of drug-likeness (QED) is 0.0592. The molecule has 1 aliphatic rings. The van der Waals surface area contributed by atoms with Crippen LogP contribution in [0.15, 0.2) is 146 Å². The van der Waals surface area contributed by atoms with Crippen LogP contribution in [0, 0.1) is 10.1 Å². The first-order valence-corrected chi connectivity index (χ1v) is 16.7. The van der Waals surface area contributed by atoms with Gasteiger partial charge in [-0.15, -0.1) is 0 Å². The molecule has 51 heavy (non-hydrogen) atoms. The third kappa shape index (κ3) is 10.2. The molecule has 0 unspecified atom stereocenters. The summed E-state index contributed by atoms with van der Waals surface area (Å²) in [6.07, 6.45) is -4.43. The van der Waals surface area contributed by atoms with Crippen LogP contribution in [0.2, 0.25) is 0 Å². The van der Waals surface area contributed by atoms with Crippen molar-refractivity contribution in [2.24, 2.45) is 0 Å². The fraction of sp³-hybridized carbons (Fsp3) is 0.244. The zero-order valence-corrected chi connectivity index (χ0v) is 27.9. The second-order valence-electron chi connectivity index (χ2n) is 12.0. The minimum absolute atomic E-state index is 0.0938. The Morgan fingerprint density at radius 3 is 1.47 bits per heavy atom. The molecule has 5 aromatic carbocycles. The van der Waals surface area contributed by atoms with E-state index < -0.39 is 41.6 Å². The largest absolute Gasteiger partial charge is 0.429 e. The molecule has 1 heterocycles. The van der Waals surface area contributed by atoms with Crippen LogP contribution in [-0.2, 0) is 54.8 Å². The molecule has 5 atom stereocenters. The van der Waals surface area contributed by atoms with Crippen LogP contribution in [0.3, 0.4) is 0 Å². The Labute approximate surface area is 296 Å². The Bertz CT molecular complexity index is 1790. The first-order valence-electron chi connectivity index (χ1n) is 16.7. The highest BCUT2D eigenvalue weighted by atomic mass is 16.7. The van der Waals surface area contributed by atoms with Crippen LogP contribution >= 0.6 is 0 Å². The second-order valence-corrected chi connectivity index (χ2v) is 12.0. The molecule has 1 aliphatic heterocycles. The van der Waals surface area contributed by atoms with Crippen LogP contribution < -0.4 is 0 Å². The van der Waals surface area contributed by atoms with Gasteiger partial charge in [-0.3, -0.25) is 10.1 Å². The Balaban J connectivity index is 1.32. The van der Waals surface area contributed by atoms with E-state index in [1.807, 2.05) is 121 Å². The number of esters is 1. The third-order valence-corrected chi connectivity index (χ3v) is 8.38. The summed E-state index contributed by atoms with van der Waals surface area (Å²) < 4.78 is 38.6. The maximum atomic E-state index is 13.6. The van der Waals surface area contributed by atoms with E-state index in [9.17, 15) is 14.9 Å². The lowest BCUT2D eigenvalue weighted by molar-refractivity contribution is -0.384. The lowest BCUT2D eigenvalue weighted by Crippen LogP contribution is -2.62. The van der Waals surface area contributed by atoms with Crippen molar-refractivity contribution in [1.82, 2.24) is 0 Å². The van der Waals surface area contributed by atoms with Gasteiger partial charge in [-0.2, -0.15) is 0 Å². The van der Waals surface area contributed by atoms with Crippen molar-refractivity contribution in [3.63, 3.8) is 0 Å². The molecule has 0 amide bonds. The molecular formula is C41H39NO9. The van der Waals surface area contributed by atoms with Crippen LogP contribution in [-0.4, -0.2) is 48.2 Å². The maximum absolute atomic E-state index is 13.6. The van der Waals surface area contributed by atoms with Crippen molar-refractivity contribution in [3.8, 4) is 0 Å². The highest BCUT2D eigenvalue weighted by molar-refractivity contribution is 5.89. The number of carbonyl (C=O) groups is 1. The van der Waals surface area contributed by atoms with Gasteiger partial charge in [0.15, 0.2) is 0 Å². The predicted molar refractivity (Wildman–Crippen MR) is 188 cm³/mol. The van der Waals surface area contributed by atoms with Gasteiger partial charge in [0.2, 0.25) is 6.29 Å². The van der Waals surface area contributed by atoms with Crippen LogP contribution in [0.25, 0.3) is 0 Å². The molecule has 0 spiro atoms. The normalized spacial score (nSPS) is 20.0. The Hall–Kier alpha value is -5.23. The Kier molecular flexibility index (Phi) is 12.7. The van der Waals surface area contributed by atoms with Gasteiger partial charge in [0.25, 0.3) is 5.69 Å². The molecule has 0 radical (unpaired) electrons. The fourth-order valence-corrected chi connectivity index (χ4v) is 5.73. The number of carbonyl (C=O) groups excluding carboxylic acids is 1. The van der Waals surface area contributed by atoms with Gasteiger partial charge < -0.3 is 28.4 Å². The van der Waals surface area contributed by atoms with Gasteiger partial charge in [-0.25, -0.2) is 4.79 Å². The van der Waals surface area contributed by atoms with Crippen molar-refractivity contribution < 1.29 is 38.1 Å². The monoisotopic (exact) mass is 689 g/mol. The SMILES string of the molecule is O=C(O[C@@H]1O[C@@H](COCc2ccccc2)[C@@H](OCc2ccccc2)[C@H](OCc2ccccc2)[C@@H]1OCc1ccccc1)c1ccc([N+](=O)[O-])cc1. The number of rotatable bonds is 16. The molecule has 10 nitrogen and oxygen atoms in total. The first kappa shape index (κ1) is 35.6. The van der Waals surface area contributed by atoms with Gasteiger partial charge in [-0.05, 0) is 34.4 Å². The van der Waals surface area contributed by atoms with Gasteiger partial charge >= 0.3 is 5.97 Å². The van der Waals surface area contributed by atoms with Crippen LogP contribution in [0.1, 0.15) is 32.6 Å². The Morgan fingerprint density at radius 1 is 0.569 bits per heavy atom. The highest BCUT2D eigenvalue weighted by Crippen LogP contribution is 2.32. The average molecular weight is 690 g/mol. The maximum Gasteiger partial charge on any atom is 0.340 e. The molecule has 0 bridgehead atoms. The molecule has 0 aromatic heterocycles. The fourth-order valence-electron chi connectivity index (χ4n) is 5.73. The van der Waals surface area contributed by atoms with Crippen molar-refractivity contribution >= 4 is 11.7 Å². The molecule has 5 aromatic rings. The standard InChI is InChI=1S/C41H39NO9/c43-40(34-21-23-35(24-22-34)42(44)45)51-41-39(49-28-33-19-11-4-12-20-33)38(48-27-32-17-9-3-10-18-32)37(47-26-31-15-7-2-8-16-31)36(50-41)29-46-25-30-13-5-1-6-14-30/h1-24,36-39,41H,25-29H2/t36-,37+,38-,39-,41-/m0/s1. The second kappa shape index (κ2) is 18.1. The number of nitro groups is 1. The third-order valence-electron chi connectivity index (χ3n) is 8.38. The number of hydrogen-bond acceptors (Lipinski definition) is 9. The zero-order chi connectivity index (χ0) is 35.3. The zero-order valence-electron chi connectivity index (χ0n) is 27.9. The molecule has 0 N–H and O–H groups in total. The summed E-state index contributed by atoms with van der Waals surface area (Å²) in [5.41, 5.74) is 3.74. The summed E-state index contributed by atoms with van der Waals surface area (Å²) in [4.78, 5) is 24.3. The number of nitrogens with zero attached hydrogens (tertiary/aromatic N) is 1. The summed E-state index contributed by atoms with van der Waals surface area (Å²) in [6.45, 7) is 1.07. The van der Waals surface area contributed by atoms with Gasteiger partial charge in [0, 0.05) is 12.1 Å². The molecule has 262 valence electrons. The van der Waals surface area contributed by atoms with E-state index in [1.54, 1.807) is 0 Å². The number of benzene rings is 5. The predicted octanol–water partition coefficient (Wildman–Crippen LogP) is 7.45. The Morgan fingerprint density at radius 2 is 1.00 bits per heavy atom. The number of nitro benzene ring substituents is 1. The van der Waals surface area contributed by atoms with E-state index in [-0.39, 0.29) is 37.7 Å². The van der Waals surface area contributed by atoms with E-state index in [0.29, 0.717) is 6.61 Å². The molecule has 0 saturated carbocycles. The number of ether oxygens (including phenoxy) is 6. The molecule has 6 rings (SSSR count). The van der Waals surface area contributed by atoms with E-state index in [0.717, 1.165) is 22.3 Å². The lowest BCUT2D eigenvalue weighted by atomic mass is 9.97. The summed E-state index contributed by atoms with van der Waals surface area (Å²) in [7, 11) is 0. The average Bonchev–Trinajstić information content (AvgIpc) is 3.18. The summed E-state index contributed by atoms with van der Waals surface area (Å²) in [5.74, 6) is -0.738. The molecular weight excluding hydrogens is 650 g/mol. The highest BCUT2D eigenvalue weighted by Gasteiger charge is 2.50. The van der Waals surface area contributed by atoms with E-state index in [1.165, 1.54) is 24.3 Å². The molecule has 1 fully saturated rings. The number of hydrogen-bond donors (Lipinski definition) is 0. The van der Waals surface area contributed by atoms with Gasteiger partial charge in [0.1, 0.15) is 24.4 Å². The van der Waals surface area contributed by atoms with E-state index in [2.05, 4.69) is 0 Å². The summed E-state index contributed by atoms with van der Waals surface area (Å²) in [5, 5.41) is 11.2. The number of non-ortho nitro benzene ring substituents is 1. The van der Waals surface area contributed by atoms with Crippen molar-refractivity contribution in [2.45, 2.75) is 57.1 Å². The minimum Gasteiger partial charge on any atom is -0.429 e. The molecule has 0 aliphatic carbocycles. The first-order chi connectivity index (χ1) is 25.0. The lowest BCUT2D eigenvalue weighted by Gasteiger charge is -2.45. The smallest absolute Gasteiger partial charge is 0.340 e. The molecule has 1 saturated heterocycles. The minimum atomic E-state index is -1.25. The topological polar surface area (TPSA) is 116 Å².